The lowest BCUT2D eigenvalue weighted by molar-refractivity contribution is 0.0782. The Morgan fingerprint density at radius 3 is 2.88 bits per heavy atom. The Hall–Kier alpha value is -1.07. The third-order valence-corrected chi connectivity index (χ3v) is 3.46. The van der Waals surface area contributed by atoms with E-state index in [1.807, 2.05) is 0 Å². The van der Waals surface area contributed by atoms with Crippen molar-refractivity contribution in [1.82, 2.24) is 4.90 Å². The van der Waals surface area contributed by atoms with Gasteiger partial charge in [0.25, 0.3) is 5.91 Å². The topological polar surface area (TPSA) is 66.6 Å². The Morgan fingerprint density at radius 1 is 1.53 bits per heavy atom. The number of amides is 1. The highest BCUT2D eigenvalue weighted by atomic mass is 79.9. The predicted molar refractivity (Wildman–Crippen MR) is 69.7 cm³/mol. The molecule has 1 aromatic carbocycles. The number of hydrogen-bond donors (Lipinski definition) is 2. The summed E-state index contributed by atoms with van der Waals surface area (Å²) >= 11 is 3.32. The molecule has 3 N–H and O–H groups in total. The molecule has 1 fully saturated rings. The van der Waals surface area contributed by atoms with Crippen molar-refractivity contribution in [3.05, 3.63) is 28.2 Å². The molecule has 2 rings (SSSR count). The number of rotatable bonds is 2. The molecule has 0 radical (unpaired) electrons. The number of nitrogens with zero attached hydrogens (tertiary/aromatic N) is 1. The van der Waals surface area contributed by atoms with Crippen LogP contribution < -0.4 is 5.73 Å². The minimum atomic E-state index is -0.0195. The van der Waals surface area contributed by atoms with Crippen LogP contribution >= 0.6 is 15.9 Å². The molecule has 0 saturated carbocycles. The van der Waals surface area contributed by atoms with E-state index in [-0.39, 0.29) is 18.4 Å². The summed E-state index contributed by atoms with van der Waals surface area (Å²) in [6.45, 7) is 1.47. The summed E-state index contributed by atoms with van der Waals surface area (Å²) < 4.78 is 0.804. The quantitative estimate of drug-likeness (QED) is 0.813. The van der Waals surface area contributed by atoms with Crippen molar-refractivity contribution in [2.24, 2.45) is 5.92 Å². The van der Waals surface area contributed by atoms with Crippen LogP contribution in [0, 0.1) is 5.92 Å². The fourth-order valence-electron chi connectivity index (χ4n) is 2.08. The molecule has 1 aromatic rings. The number of carbonyl (C=O) groups excluding carboxylic acids is 1. The van der Waals surface area contributed by atoms with E-state index in [0.717, 1.165) is 10.9 Å². The van der Waals surface area contributed by atoms with Crippen LogP contribution in [0.15, 0.2) is 22.7 Å². The number of aliphatic hydroxyl groups is 1. The van der Waals surface area contributed by atoms with Gasteiger partial charge in [-0.3, -0.25) is 4.79 Å². The van der Waals surface area contributed by atoms with E-state index in [4.69, 9.17) is 10.8 Å². The van der Waals surface area contributed by atoms with E-state index in [1.54, 1.807) is 23.1 Å². The maximum Gasteiger partial charge on any atom is 0.253 e. The van der Waals surface area contributed by atoms with Crippen LogP contribution in [-0.4, -0.2) is 35.6 Å². The molecule has 1 aliphatic heterocycles. The molecule has 17 heavy (non-hydrogen) atoms. The van der Waals surface area contributed by atoms with Crippen LogP contribution in [0.25, 0.3) is 0 Å². The first-order chi connectivity index (χ1) is 8.10. The van der Waals surface area contributed by atoms with E-state index in [0.29, 0.717) is 24.3 Å². The molecule has 0 aromatic heterocycles. The van der Waals surface area contributed by atoms with Crippen molar-refractivity contribution < 1.29 is 9.90 Å². The molecule has 1 unspecified atom stereocenters. The summed E-state index contributed by atoms with van der Waals surface area (Å²) in [5.74, 6) is 0.192. The molecular weight excluding hydrogens is 284 g/mol. The zero-order valence-corrected chi connectivity index (χ0v) is 11.0. The van der Waals surface area contributed by atoms with Gasteiger partial charge in [-0.2, -0.15) is 0 Å². The molecule has 1 heterocycles. The molecule has 1 atom stereocenters. The fraction of sp³-hybridized carbons (Fsp3) is 0.417. The third kappa shape index (κ3) is 2.79. The van der Waals surface area contributed by atoms with Crippen LogP contribution in [0.4, 0.5) is 5.69 Å². The number of hydrogen-bond acceptors (Lipinski definition) is 3. The lowest BCUT2D eigenvalue weighted by Crippen LogP contribution is -2.29. The maximum atomic E-state index is 12.2. The maximum absolute atomic E-state index is 12.2. The number of nitrogens with two attached hydrogens (primary N) is 1. The largest absolute Gasteiger partial charge is 0.399 e. The second-order valence-electron chi connectivity index (χ2n) is 4.36. The molecule has 0 bridgehead atoms. The van der Waals surface area contributed by atoms with Gasteiger partial charge in [-0.1, -0.05) is 15.9 Å². The molecule has 1 aliphatic rings. The Balaban J connectivity index is 2.14. The van der Waals surface area contributed by atoms with Crippen molar-refractivity contribution in [1.29, 1.82) is 0 Å². The van der Waals surface area contributed by atoms with Crippen LogP contribution in [-0.2, 0) is 0 Å². The van der Waals surface area contributed by atoms with Crippen molar-refractivity contribution in [3.63, 3.8) is 0 Å². The van der Waals surface area contributed by atoms with Gasteiger partial charge >= 0.3 is 0 Å². The number of benzene rings is 1. The van der Waals surface area contributed by atoms with Gasteiger partial charge in [0.05, 0.1) is 0 Å². The number of carbonyl (C=O) groups is 1. The van der Waals surface area contributed by atoms with Crippen molar-refractivity contribution >= 4 is 27.5 Å². The summed E-state index contributed by atoms with van der Waals surface area (Å²) in [6.07, 6.45) is 0.867. The molecule has 0 aliphatic carbocycles. The highest BCUT2D eigenvalue weighted by Gasteiger charge is 2.26. The van der Waals surface area contributed by atoms with E-state index >= 15 is 0 Å². The van der Waals surface area contributed by atoms with Gasteiger partial charge in [-0.05, 0) is 24.6 Å². The normalized spacial score (nSPS) is 19.6. The Morgan fingerprint density at radius 2 is 2.29 bits per heavy atom. The molecular formula is C12H15BrN2O2. The fourth-order valence-corrected chi connectivity index (χ4v) is 2.60. The van der Waals surface area contributed by atoms with E-state index < -0.39 is 0 Å². The van der Waals surface area contributed by atoms with Crippen LogP contribution in [0.3, 0.4) is 0 Å². The van der Waals surface area contributed by atoms with Gasteiger partial charge in [0, 0.05) is 41.3 Å². The van der Waals surface area contributed by atoms with Crippen molar-refractivity contribution in [3.8, 4) is 0 Å². The van der Waals surface area contributed by atoms with Gasteiger partial charge in [0.2, 0.25) is 0 Å². The number of anilines is 1. The first kappa shape index (κ1) is 12.4. The smallest absolute Gasteiger partial charge is 0.253 e. The third-order valence-electron chi connectivity index (χ3n) is 3.00. The number of likely N-dealkylation sites (tertiary alicyclic amines) is 1. The molecule has 92 valence electrons. The van der Waals surface area contributed by atoms with Crippen LogP contribution in [0.2, 0.25) is 0 Å². The summed E-state index contributed by atoms with van der Waals surface area (Å²) in [4.78, 5) is 13.9. The highest BCUT2D eigenvalue weighted by molar-refractivity contribution is 9.10. The summed E-state index contributed by atoms with van der Waals surface area (Å²) in [5, 5.41) is 9.06. The van der Waals surface area contributed by atoms with Crippen LogP contribution in [0.5, 0.6) is 0 Å². The second kappa shape index (κ2) is 5.06. The second-order valence-corrected chi connectivity index (χ2v) is 5.28. The average molecular weight is 299 g/mol. The Bertz CT molecular complexity index is 416. The molecule has 5 heteroatoms. The Labute approximate surface area is 109 Å². The summed E-state index contributed by atoms with van der Waals surface area (Å²) in [7, 11) is 0. The minimum Gasteiger partial charge on any atom is -0.399 e. The van der Waals surface area contributed by atoms with Gasteiger partial charge in [-0.15, -0.1) is 0 Å². The lowest BCUT2D eigenvalue weighted by atomic mass is 10.1. The van der Waals surface area contributed by atoms with Gasteiger partial charge in [-0.25, -0.2) is 0 Å². The van der Waals surface area contributed by atoms with Gasteiger partial charge in [0.15, 0.2) is 0 Å². The van der Waals surface area contributed by atoms with E-state index in [1.165, 1.54) is 0 Å². The number of aliphatic hydroxyl groups excluding tert-OH is 1. The van der Waals surface area contributed by atoms with Crippen molar-refractivity contribution in [2.75, 3.05) is 25.4 Å². The lowest BCUT2D eigenvalue weighted by Gasteiger charge is -2.16. The van der Waals surface area contributed by atoms with E-state index in [9.17, 15) is 4.79 Å². The standard InChI is InChI=1S/C12H15BrN2O2/c13-10-3-9(4-11(14)5-10)12(17)15-2-1-8(6-15)7-16/h3-5,8,16H,1-2,6-7,14H2. The van der Waals surface area contributed by atoms with E-state index in [2.05, 4.69) is 15.9 Å². The number of halogens is 1. The summed E-state index contributed by atoms with van der Waals surface area (Å²) in [6, 6.07) is 5.21. The van der Waals surface area contributed by atoms with Crippen molar-refractivity contribution in [2.45, 2.75) is 6.42 Å². The van der Waals surface area contributed by atoms with Gasteiger partial charge in [0.1, 0.15) is 0 Å². The first-order valence-electron chi connectivity index (χ1n) is 5.56. The zero-order chi connectivity index (χ0) is 12.4. The zero-order valence-electron chi connectivity index (χ0n) is 9.40. The monoisotopic (exact) mass is 298 g/mol. The molecule has 4 nitrogen and oxygen atoms in total. The first-order valence-corrected chi connectivity index (χ1v) is 6.35. The predicted octanol–water partition coefficient (Wildman–Crippen LogP) is 1.49. The SMILES string of the molecule is Nc1cc(Br)cc(C(=O)N2CCC(CO)C2)c1. The Kier molecular flexibility index (Phi) is 3.69. The van der Waals surface area contributed by atoms with Gasteiger partial charge < -0.3 is 15.7 Å². The molecule has 1 saturated heterocycles. The minimum absolute atomic E-state index is 0.0195. The highest BCUT2D eigenvalue weighted by Crippen LogP contribution is 2.22. The summed E-state index contributed by atoms with van der Waals surface area (Å²) in [5.41, 5.74) is 6.87. The molecule has 0 spiro atoms. The molecule has 1 amide bonds. The average Bonchev–Trinajstić information content (AvgIpc) is 2.75. The van der Waals surface area contributed by atoms with Crippen LogP contribution in [0.1, 0.15) is 16.8 Å². The number of nitrogen functional groups attached to an aromatic ring is 1.